The summed E-state index contributed by atoms with van der Waals surface area (Å²) in [5.74, 6) is 0.601. The number of aryl methyl sites for hydroxylation is 1. The molecule has 3 nitrogen and oxygen atoms in total. The van der Waals surface area contributed by atoms with Crippen LogP contribution >= 0.6 is 0 Å². The topological polar surface area (TPSA) is 44.5 Å². The van der Waals surface area contributed by atoms with Gasteiger partial charge in [0.15, 0.2) is 11.6 Å². The van der Waals surface area contributed by atoms with Gasteiger partial charge < -0.3 is 15.2 Å². The second-order valence-corrected chi connectivity index (χ2v) is 5.23. The number of benzene rings is 2. The van der Waals surface area contributed by atoms with Gasteiger partial charge in [-0.25, -0.2) is 4.39 Å². The summed E-state index contributed by atoms with van der Waals surface area (Å²) in [6, 6.07) is 11.1. The Morgan fingerprint density at radius 3 is 2.95 bits per heavy atom. The molecule has 2 aromatic carbocycles. The third kappa shape index (κ3) is 2.72. The molecule has 0 heterocycles. The van der Waals surface area contributed by atoms with Gasteiger partial charge in [0, 0.05) is 11.6 Å². The lowest BCUT2D eigenvalue weighted by atomic mass is 10.1. The largest absolute Gasteiger partial charge is 0.494 e. The van der Waals surface area contributed by atoms with Crippen LogP contribution in [0.15, 0.2) is 36.4 Å². The molecule has 110 valence electrons. The summed E-state index contributed by atoms with van der Waals surface area (Å²) in [5, 5.41) is 0. The van der Waals surface area contributed by atoms with Crippen molar-refractivity contribution in [3.63, 3.8) is 0 Å². The number of rotatable bonds is 4. The Hall–Kier alpha value is -2.07. The summed E-state index contributed by atoms with van der Waals surface area (Å²) in [6.07, 6.45) is 1.95. The molecule has 0 fully saturated rings. The minimum atomic E-state index is -0.372. The predicted molar refractivity (Wildman–Crippen MR) is 79.0 cm³/mol. The Kier molecular flexibility index (Phi) is 3.80. The van der Waals surface area contributed by atoms with E-state index in [4.69, 9.17) is 15.2 Å². The molecule has 21 heavy (non-hydrogen) atoms. The van der Waals surface area contributed by atoms with E-state index in [0.29, 0.717) is 5.56 Å². The number of nitrogens with two attached hydrogens (primary N) is 1. The normalized spacial score (nSPS) is 16.6. The van der Waals surface area contributed by atoms with Crippen LogP contribution in [0.1, 0.15) is 29.2 Å². The Morgan fingerprint density at radius 2 is 2.14 bits per heavy atom. The second-order valence-electron chi connectivity index (χ2n) is 5.23. The molecule has 0 bridgehead atoms. The number of halogens is 1. The molecule has 0 spiro atoms. The van der Waals surface area contributed by atoms with Crippen molar-refractivity contribution in [3.8, 4) is 11.5 Å². The molecule has 1 atom stereocenters. The second kappa shape index (κ2) is 5.74. The number of ether oxygens (including phenoxy) is 2. The van der Waals surface area contributed by atoms with Crippen molar-refractivity contribution in [3.05, 3.63) is 58.9 Å². The molecule has 2 aromatic rings. The smallest absolute Gasteiger partial charge is 0.171 e. The standard InChI is InChI=1S/C17H18FNO2/c1-20-16-4-2-3-12(17(16)18)10-21-13-6-7-14-11(9-13)5-8-15(14)19/h2-4,6-7,9,15H,5,8,10,19H2,1H3/t15-/m1/s1. The van der Waals surface area contributed by atoms with E-state index in [-0.39, 0.29) is 24.2 Å². The van der Waals surface area contributed by atoms with Gasteiger partial charge in [0.25, 0.3) is 0 Å². The van der Waals surface area contributed by atoms with Crippen LogP contribution in [0, 0.1) is 5.82 Å². The van der Waals surface area contributed by atoms with Crippen molar-refractivity contribution in [1.82, 2.24) is 0 Å². The molecule has 0 saturated carbocycles. The number of hydrogen-bond acceptors (Lipinski definition) is 3. The van der Waals surface area contributed by atoms with E-state index in [2.05, 4.69) is 0 Å². The van der Waals surface area contributed by atoms with Crippen molar-refractivity contribution < 1.29 is 13.9 Å². The molecule has 0 unspecified atom stereocenters. The average Bonchev–Trinajstić information content (AvgIpc) is 2.87. The molecule has 0 aromatic heterocycles. The zero-order valence-corrected chi connectivity index (χ0v) is 11.9. The lowest BCUT2D eigenvalue weighted by Crippen LogP contribution is -2.05. The zero-order chi connectivity index (χ0) is 14.8. The predicted octanol–water partition coefficient (Wildman–Crippen LogP) is 3.36. The maximum absolute atomic E-state index is 14.0. The van der Waals surface area contributed by atoms with Crippen LogP contribution in [0.4, 0.5) is 4.39 Å². The van der Waals surface area contributed by atoms with E-state index in [9.17, 15) is 4.39 Å². The molecule has 4 heteroatoms. The van der Waals surface area contributed by atoms with Crippen LogP contribution in [0.2, 0.25) is 0 Å². The fraction of sp³-hybridized carbons (Fsp3) is 0.294. The number of hydrogen-bond donors (Lipinski definition) is 1. The number of methoxy groups -OCH3 is 1. The van der Waals surface area contributed by atoms with Crippen LogP contribution in [0.3, 0.4) is 0 Å². The van der Waals surface area contributed by atoms with E-state index in [1.165, 1.54) is 18.2 Å². The fourth-order valence-corrected chi connectivity index (χ4v) is 2.70. The van der Waals surface area contributed by atoms with Crippen molar-refractivity contribution in [1.29, 1.82) is 0 Å². The van der Waals surface area contributed by atoms with Gasteiger partial charge in [0.2, 0.25) is 0 Å². The monoisotopic (exact) mass is 287 g/mol. The van der Waals surface area contributed by atoms with Crippen LogP contribution in [0.25, 0.3) is 0 Å². The highest BCUT2D eigenvalue weighted by Gasteiger charge is 2.19. The molecule has 1 aliphatic carbocycles. The lowest BCUT2D eigenvalue weighted by Gasteiger charge is -2.11. The molecule has 0 amide bonds. The summed E-state index contributed by atoms with van der Waals surface area (Å²) in [7, 11) is 1.45. The molecule has 0 aliphatic heterocycles. The van der Waals surface area contributed by atoms with E-state index in [1.807, 2.05) is 18.2 Å². The molecule has 0 saturated heterocycles. The summed E-state index contributed by atoms with van der Waals surface area (Å²) >= 11 is 0. The van der Waals surface area contributed by atoms with Crippen LogP contribution in [-0.4, -0.2) is 7.11 Å². The van der Waals surface area contributed by atoms with Crippen molar-refractivity contribution >= 4 is 0 Å². The third-order valence-electron chi connectivity index (χ3n) is 3.90. The van der Waals surface area contributed by atoms with Gasteiger partial charge in [-0.15, -0.1) is 0 Å². The van der Waals surface area contributed by atoms with Crippen molar-refractivity contribution in [2.24, 2.45) is 5.73 Å². The minimum absolute atomic E-state index is 0.130. The van der Waals surface area contributed by atoms with Crippen LogP contribution < -0.4 is 15.2 Å². The molecular formula is C17H18FNO2. The van der Waals surface area contributed by atoms with Gasteiger partial charge in [-0.3, -0.25) is 0 Å². The quantitative estimate of drug-likeness (QED) is 0.937. The van der Waals surface area contributed by atoms with Gasteiger partial charge in [0.1, 0.15) is 12.4 Å². The first-order valence-electron chi connectivity index (χ1n) is 7.01. The maximum atomic E-state index is 14.0. The first-order valence-corrected chi connectivity index (χ1v) is 7.01. The Bertz CT molecular complexity index is 657. The Balaban J connectivity index is 1.74. The molecular weight excluding hydrogens is 269 g/mol. The highest BCUT2D eigenvalue weighted by molar-refractivity contribution is 5.40. The molecule has 2 N–H and O–H groups in total. The Labute approximate surface area is 123 Å². The van der Waals surface area contributed by atoms with Crippen molar-refractivity contribution in [2.75, 3.05) is 7.11 Å². The van der Waals surface area contributed by atoms with Gasteiger partial charge in [0.05, 0.1) is 7.11 Å². The van der Waals surface area contributed by atoms with Gasteiger partial charge in [-0.05, 0) is 42.2 Å². The molecule has 3 rings (SSSR count). The first-order chi connectivity index (χ1) is 10.2. The first kappa shape index (κ1) is 13.9. The lowest BCUT2D eigenvalue weighted by molar-refractivity contribution is 0.295. The van der Waals surface area contributed by atoms with Crippen LogP contribution in [0.5, 0.6) is 11.5 Å². The SMILES string of the molecule is COc1cccc(COc2ccc3c(c2)CC[C@H]3N)c1F. The Morgan fingerprint density at radius 1 is 1.29 bits per heavy atom. The summed E-state index contributed by atoms with van der Waals surface area (Å²) in [5.41, 5.74) is 8.90. The third-order valence-corrected chi connectivity index (χ3v) is 3.90. The van der Waals surface area contributed by atoms with E-state index in [1.54, 1.807) is 18.2 Å². The highest BCUT2D eigenvalue weighted by Crippen LogP contribution is 2.32. The minimum Gasteiger partial charge on any atom is -0.494 e. The zero-order valence-electron chi connectivity index (χ0n) is 11.9. The molecule has 0 radical (unpaired) electrons. The fourth-order valence-electron chi connectivity index (χ4n) is 2.70. The summed E-state index contributed by atoms with van der Waals surface area (Å²) in [6.45, 7) is 0.174. The van der Waals surface area contributed by atoms with Crippen LogP contribution in [-0.2, 0) is 13.0 Å². The average molecular weight is 287 g/mol. The van der Waals surface area contributed by atoms with Gasteiger partial charge in [-0.2, -0.15) is 0 Å². The summed E-state index contributed by atoms with van der Waals surface area (Å²) < 4.78 is 24.7. The number of fused-ring (bicyclic) bond motifs is 1. The maximum Gasteiger partial charge on any atom is 0.171 e. The van der Waals surface area contributed by atoms with Gasteiger partial charge in [-0.1, -0.05) is 18.2 Å². The van der Waals surface area contributed by atoms with E-state index in [0.717, 1.165) is 18.6 Å². The van der Waals surface area contributed by atoms with Crippen molar-refractivity contribution in [2.45, 2.75) is 25.5 Å². The van der Waals surface area contributed by atoms with E-state index >= 15 is 0 Å². The van der Waals surface area contributed by atoms with Gasteiger partial charge >= 0.3 is 0 Å². The van der Waals surface area contributed by atoms with E-state index < -0.39 is 0 Å². The molecule has 1 aliphatic rings. The highest BCUT2D eigenvalue weighted by atomic mass is 19.1. The summed E-state index contributed by atoms with van der Waals surface area (Å²) in [4.78, 5) is 0.